The zero-order valence-corrected chi connectivity index (χ0v) is 12.2. The van der Waals surface area contributed by atoms with E-state index in [1.165, 1.54) is 31.4 Å². The number of halogens is 3. The molecule has 20 heavy (non-hydrogen) atoms. The number of nitrogens with two attached hydrogens (primary N) is 1. The average molecular weight is 343 g/mol. The van der Waals surface area contributed by atoms with Gasteiger partial charge < -0.3 is 4.74 Å². The molecule has 1 unspecified atom stereocenters. The molecule has 2 rings (SSSR count). The highest BCUT2D eigenvalue weighted by Crippen LogP contribution is 2.31. The van der Waals surface area contributed by atoms with Gasteiger partial charge in [0, 0.05) is 5.56 Å². The van der Waals surface area contributed by atoms with Crippen LogP contribution in [0.2, 0.25) is 0 Å². The van der Waals surface area contributed by atoms with Crippen LogP contribution in [-0.4, -0.2) is 7.11 Å². The second kappa shape index (κ2) is 6.30. The molecule has 106 valence electrons. The zero-order valence-electron chi connectivity index (χ0n) is 10.7. The van der Waals surface area contributed by atoms with Crippen LogP contribution < -0.4 is 16.0 Å². The van der Waals surface area contributed by atoms with Crippen LogP contribution in [0, 0.1) is 11.6 Å². The van der Waals surface area contributed by atoms with Crippen molar-refractivity contribution >= 4 is 15.9 Å². The Morgan fingerprint density at radius 2 is 1.95 bits per heavy atom. The number of nitrogens with one attached hydrogen (secondary N) is 1. The predicted octanol–water partition coefficient (Wildman–Crippen LogP) is 3.29. The second-order valence-electron chi connectivity index (χ2n) is 4.16. The molecule has 3 N–H and O–H groups in total. The monoisotopic (exact) mass is 342 g/mol. The quantitative estimate of drug-likeness (QED) is 0.662. The SMILES string of the molecule is COc1ccc(F)cc1C(NN)c1ccc(Br)c(F)c1. The topological polar surface area (TPSA) is 47.3 Å². The van der Waals surface area contributed by atoms with Crippen molar-refractivity contribution in [1.82, 2.24) is 5.43 Å². The van der Waals surface area contributed by atoms with Crippen molar-refractivity contribution in [2.45, 2.75) is 6.04 Å². The van der Waals surface area contributed by atoms with Crippen LogP contribution in [0.25, 0.3) is 0 Å². The molecule has 0 aliphatic carbocycles. The number of hydrogen-bond donors (Lipinski definition) is 2. The molecule has 6 heteroatoms. The molecule has 0 radical (unpaired) electrons. The second-order valence-corrected chi connectivity index (χ2v) is 5.01. The van der Waals surface area contributed by atoms with Crippen LogP contribution in [0.3, 0.4) is 0 Å². The van der Waals surface area contributed by atoms with E-state index in [0.29, 0.717) is 21.3 Å². The molecule has 1 atom stereocenters. The highest BCUT2D eigenvalue weighted by Gasteiger charge is 2.19. The molecule has 0 aliphatic rings. The minimum Gasteiger partial charge on any atom is -0.496 e. The normalized spacial score (nSPS) is 12.2. The first-order valence-electron chi connectivity index (χ1n) is 5.81. The van der Waals surface area contributed by atoms with E-state index in [4.69, 9.17) is 10.6 Å². The molecular formula is C14H13BrF2N2O. The van der Waals surface area contributed by atoms with E-state index in [1.807, 2.05) is 0 Å². The van der Waals surface area contributed by atoms with Gasteiger partial charge in [0.25, 0.3) is 0 Å². The van der Waals surface area contributed by atoms with E-state index in [-0.39, 0.29) is 0 Å². The van der Waals surface area contributed by atoms with Crippen LogP contribution in [0.4, 0.5) is 8.78 Å². The van der Waals surface area contributed by atoms with Crippen molar-refractivity contribution in [1.29, 1.82) is 0 Å². The van der Waals surface area contributed by atoms with Crippen LogP contribution >= 0.6 is 15.9 Å². The summed E-state index contributed by atoms with van der Waals surface area (Å²) >= 11 is 3.09. The lowest BCUT2D eigenvalue weighted by Gasteiger charge is -2.20. The van der Waals surface area contributed by atoms with Gasteiger partial charge in [0.2, 0.25) is 0 Å². The third-order valence-electron chi connectivity index (χ3n) is 2.95. The Bertz CT molecular complexity index is 622. The minimum atomic E-state index is -0.580. The fourth-order valence-corrected chi connectivity index (χ4v) is 2.23. The van der Waals surface area contributed by atoms with E-state index in [1.54, 1.807) is 12.1 Å². The van der Waals surface area contributed by atoms with Gasteiger partial charge in [-0.05, 0) is 51.8 Å². The van der Waals surface area contributed by atoms with Gasteiger partial charge in [-0.15, -0.1) is 0 Å². The summed E-state index contributed by atoms with van der Waals surface area (Å²) in [7, 11) is 1.48. The fourth-order valence-electron chi connectivity index (χ4n) is 1.99. The zero-order chi connectivity index (χ0) is 14.7. The lowest BCUT2D eigenvalue weighted by molar-refractivity contribution is 0.402. The maximum atomic E-state index is 13.6. The van der Waals surface area contributed by atoms with E-state index in [9.17, 15) is 8.78 Å². The first-order chi connectivity index (χ1) is 9.56. The molecule has 0 bridgehead atoms. The summed E-state index contributed by atoms with van der Waals surface area (Å²) in [6.45, 7) is 0. The Kier molecular flexibility index (Phi) is 4.69. The molecular weight excluding hydrogens is 330 g/mol. The summed E-state index contributed by atoms with van der Waals surface area (Å²) in [5.74, 6) is 5.17. The molecule has 0 aromatic heterocycles. The van der Waals surface area contributed by atoms with Crippen molar-refractivity contribution in [3.05, 3.63) is 63.6 Å². The Morgan fingerprint density at radius 3 is 2.55 bits per heavy atom. The molecule has 0 heterocycles. The first kappa shape index (κ1) is 14.9. The van der Waals surface area contributed by atoms with Crippen molar-refractivity contribution in [3.63, 3.8) is 0 Å². The third-order valence-corrected chi connectivity index (χ3v) is 3.59. The van der Waals surface area contributed by atoms with Gasteiger partial charge in [-0.25, -0.2) is 14.2 Å². The van der Waals surface area contributed by atoms with Gasteiger partial charge in [0.1, 0.15) is 17.4 Å². The number of hydrogen-bond acceptors (Lipinski definition) is 3. The van der Waals surface area contributed by atoms with Crippen LogP contribution in [0.5, 0.6) is 5.75 Å². The Hall–Kier alpha value is -1.50. The lowest BCUT2D eigenvalue weighted by Crippen LogP contribution is -2.29. The van der Waals surface area contributed by atoms with Crippen molar-refractivity contribution < 1.29 is 13.5 Å². The largest absolute Gasteiger partial charge is 0.496 e. The maximum absolute atomic E-state index is 13.6. The number of hydrazine groups is 1. The van der Waals surface area contributed by atoms with Gasteiger partial charge in [-0.2, -0.15) is 0 Å². The lowest BCUT2D eigenvalue weighted by atomic mass is 9.98. The molecule has 0 fully saturated rings. The number of methoxy groups -OCH3 is 1. The smallest absolute Gasteiger partial charge is 0.137 e. The summed E-state index contributed by atoms with van der Waals surface area (Å²) in [6.07, 6.45) is 0. The van der Waals surface area contributed by atoms with E-state index in [0.717, 1.165) is 0 Å². The van der Waals surface area contributed by atoms with E-state index in [2.05, 4.69) is 21.4 Å². The standard InChI is InChI=1S/C14H13BrF2N2O/c1-20-13-5-3-9(16)7-10(13)14(19-18)8-2-4-11(15)12(17)6-8/h2-7,14,19H,18H2,1H3. The Labute approximate surface area is 123 Å². The highest BCUT2D eigenvalue weighted by molar-refractivity contribution is 9.10. The van der Waals surface area contributed by atoms with Crippen molar-refractivity contribution in [3.8, 4) is 5.75 Å². The van der Waals surface area contributed by atoms with Gasteiger partial charge in [0.05, 0.1) is 17.6 Å². The van der Waals surface area contributed by atoms with Crippen LogP contribution in [-0.2, 0) is 0 Å². The number of ether oxygens (including phenoxy) is 1. The average Bonchev–Trinajstić information content (AvgIpc) is 2.44. The molecule has 2 aromatic rings. The number of benzene rings is 2. The summed E-state index contributed by atoms with van der Waals surface area (Å²) in [5.41, 5.74) is 3.62. The minimum absolute atomic E-state index is 0.350. The molecule has 0 aliphatic heterocycles. The third kappa shape index (κ3) is 2.98. The molecule has 2 aromatic carbocycles. The molecule has 3 nitrogen and oxygen atoms in total. The number of rotatable bonds is 4. The summed E-state index contributed by atoms with van der Waals surface area (Å²) in [5, 5.41) is 0. The highest BCUT2D eigenvalue weighted by atomic mass is 79.9. The summed E-state index contributed by atoms with van der Waals surface area (Å²) < 4.78 is 32.6. The van der Waals surface area contributed by atoms with Gasteiger partial charge in [-0.3, -0.25) is 5.84 Å². The fraction of sp³-hybridized carbons (Fsp3) is 0.143. The van der Waals surface area contributed by atoms with Gasteiger partial charge >= 0.3 is 0 Å². The van der Waals surface area contributed by atoms with E-state index >= 15 is 0 Å². The first-order valence-corrected chi connectivity index (χ1v) is 6.60. The Morgan fingerprint density at radius 1 is 1.20 bits per heavy atom. The molecule has 0 amide bonds. The van der Waals surface area contributed by atoms with Crippen molar-refractivity contribution in [2.24, 2.45) is 5.84 Å². The maximum Gasteiger partial charge on any atom is 0.137 e. The molecule has 0 saturated carbocycles. The van der Waals surface area contributed by atoms with E-state index < -0.39 is 17.7 Å². The van der Waals surface area contributed by atoms with Crippen molar-refractivity contribution in [2.75, 3.05) is 7.11 Å². The van der Waals surface area contributed by atoms with Gasteiger partial charge in [-0.1, -0.05) is 6.07 Å². The Balaban J connectivity index is 2.51. The van der Waals surface area contributed by atoms with Crippen LogP contribution in [0.15, 0.2) is 40.9 Å². The molecule has 0 spiro atoms. The van der Waals surface area contributed by atoms with Gasteiger partial charge in [0.15, 0.2) is 0 Å². The summed E-state index contributed by atoms with van der Waals surface area (Å²) in [4.78, 5) is 0. The summed E-state index contributed by atoms with van der Waals surface area (Å²) in [6, 6.07) is 8.12. The predicted molar refractivity (Wildman–Crippen MR) is 76.2 cm³/mol. The van der Waals surface area contributed by atoms with Crippen LogP contribution in [0.1, 0.15) is 17.2 Å². The molecule has 0 saturated heterocycles.